The molecule has 1 saturated heterocycles. The summed E-state index contributed by atoms with van der Waals surface area (Å²) in [5.74, 6) is -2.69. The molecule has 0 N–H and O–H groups in total. The van der Waals surface area contributed by atoms with Crippen molar-refractivity contribution in [1.82, 2.24) is 4.90 Å². The molecule has 0 bridgehead atoms. The highest BCUT2D eigenvalue weighted by atomic mass is 16.5. The first-order valence-electron chi connectivity index (χ1n) is 5.10. The molecular formula is C10H15NO4. The van der Waals surface area contributed by atoms with E-state index in [-0.39, 0.29) is 18.8 Å². The van der Waals surface area contributed by atoms with Crippen molar-refractivity contribution in [3.63, 3.8) is 0 Å². The maximum atomic E-state index is 11.7. The average molecular weight is 213 g/mol. The zero-order chi connectivity index (χ0) is 11.4. The Hall–Kier alpha value is -1.39. The van der Waals surface area contributed by atoms with E-state index in [4.69, 9.17) is 4.74 Å². The minimum absolute atomic E-state index is 0.183. The van der Waals surface area contributed by atoms with Crippen molar-refractivity contribution in [2.24, 2.45) is 5.92 Å². The van der Waals surface area contributed by atoms with Gasteiger partial charge in [0.2, 0.25) is 5.91 Å². The molecule has 0 aromatic rings. The quantitative estimate of drug-likeness (QED) is 0.488. The van der Waals surface area contributed by atoms with Crippen molar-refractivity contribution in [2.45, 2.75) is 20.3 Å². The number of rotatable bonds is 3. The number of likely N-dealkylation sites (tertiary alicyclic amines) is 1. The van der Waals surface area contributed by atoms with Crippen molar-refractivity contribution in [2.75, 3.05) is 19.7 Å². The third-order valence-electron chi connectivity index (χ3n) is 2.41. The van der Waals surface area contributed by atoms with Crippen LogP contribution in [-0.2, 0) is 19.1 Å². The van der Waals surface area contributed by atoms with Crippen LogP contribution in [0.2, 0.25) is 0 Å². The molecule has 5 nitrogen and oxygen atoms in total. The number of Topliss-reactive ketones (excluding diaryl/α,β-unsaturated/α-hetero) is 1. The second-order valence-corrected chi connectivity index (χ2v) is 3.32. The molecule has 0 aliphatic carbocycles. The number of ketones is 1. The van der Waals surface area contributed by atoms with Crippen LogP contribution in [0.3, 0.4) is 0 Å². The van der Waals surface area contributed by atoms with E-state index in [0.29, 0.717) is 13.1 Å². The Morgan fingerprint density at radius 3 is 2.67 bits per heavy atom. The largest absolute Gasteiger partial charge is 0.465 e. The highest BCUT2D eigenvalue weighted by Crippen LogP contribution is 2.16. The second-order valence-electron chi connectivity index (χ2n) is 3.32. The van der Waals surface area contributed by atoms with Crippen LogP contribution in [0.5, 0.6) is 0 Å². The Labute approximate surface area is 88.4 Å². The summed E-state index contributed by atoms with van der Waals surface area (Å²) >= 11 is 0. The Bertz CT molecular complexity index is 287. The molecule has 84 valence electrons. The molecule has 1 amide bonds. The van der Waals surface area contributed by atoms with Crippen molar-refractivity contribution in [3.8, 4) is 0 Å². The van der Waals surface area contributed by atoms with Gasteiger partial charge in [0.25, 0.3) is 0 Å². The summed E-state index contributed by atoms with van der Waals surface area (Å²) < 4.78 is 4.71. The molecule has 0 aromatic heterocycles. The number of amides is 1. The Morgan fingerprint density at radius 1 is 1.47 bits per heavy atom. The Kier molecular flexibility index (Phi) is 3.82. The molecule has 0 aromatic carbocycles. The third-order valence-corrected chi connectivity index (χ3v) is 2.41. The standard InChI is InChI=1S/C10H15NO4/c1-3-11-6-5-7(12)8(9(11)13)10(14)15-4-2/h8H,3-6H2,1-2H3/t8-/m1/s1. The fraction of sp³-hybridized carbons (Fsp3) is 0.700. The number of carbonyl (C=O) groups excluding carboxylic acids is 3. The van der Waals surface area contributed by atoms with Gasteiger partial charge < -0.3 is 9.64 Å². The summed E-state index contributed by atoms with van der Waals surface area (Å²) in [6.07, 6.45) is 0.239. The smallest absolute Gasteiger partial charge is 0.326 e. The second kappa shape index (κ2) is 4.91. The SMILES string of the molecule is CCOC(=O)[C@@H]1C(=O)CCN(CC)C1=O. The van der Waals surface area contributed by atoms with Gasteiger partial charge in [-0.1, -0.05) is 0 Å². The van der Waals surface area contributed by atoms with Crippen molar-refractivity contribution in [1.29, 1.82) is 0 Å². The van der Waals surface area contributed by atoms with Crippen molar-refractivity contribution in [3.05, 3.63) is 0 Å². The number of piperidine rings is 1. The van der Waals surface area contributed by atoms with Gasteiger partial charge in [0.05, 0.1) is 6.61 Å². The zero-order valence-electron chi connectivity index (χ0n) is 8.99. The summed E-state index contributed by atoms with van der Waals surface area (Å²) in [4.78, 5) is 36.0. The van der Waals surface area contributed by atoms with Crippen LogP contribution in [0.1, 0.15) is 20.3 Å². The Balaban J connectivity index is 2.78. The van der Waals surface area contributed by atoms with Crippen LogP contribution >= 0.6 is 0 Å². The first kappa shape index (κ1) is 11.7. The van der Waals surface area contributed by atoms with E-state index in [1.165, 1.54) is 4.90 Å². The van der Waals surface area contributed by atoms with E-state index in [1.54, 1.807) is 6.92 Å². The maximum Gasteiger partial charge on any atom is 0.326 e. The first-order chi connectivity index (χ1) is 7.11. The molecule has 0 unspecified atom stereocenters. The van der Waals surface area contributed by atoms with Gasteiger partial charge in [-0.05, 0) is 13.8 Å². The minimum Gasteiger partial charge on any atom is -0.465 e. The summed E-state index contributed by atoms with van der Waals surface area (Å²) in [7, 11) is 0. The van der Waals surface area contributed by atoms with Crippen LogP contribution in [-0.4, -0.2) is 42.3 Å². The van der Waals surface area contributed by atoms with Crippen LogP contribution in [0, 0.1) is 5.92 Å². The lowest BCUT2D eigenvalue weighted by Gasteiger charge is -2.29. The molecule has 0 saturated carbocycles. The van der Waals surface area contributed by atoms with Gasteiger partial charge in [-0.15, -0.1) is 0 Å². The average Bonchev–Trinajstić information content (AvgIpc) is 2.18. The number of hydrogen-bond donors (Lipinski definition) is 0. The van der Waals surface area contributed by atoms with E-state index >= 15 is 0 Å². The number of esters is 1. The lowest BCUT2D eigenvalue weighted by Crippen LogP contribution is -2.49. The van der Waals surface area contributed by atoms with Crippen molar-refractivity contribution >= 4 is 17.7 Å². The molecule has 0 spiro atoms. The molecule has 1 fully saturated rings. The molecule has 1 aliphatic rings. The van der Waals surface area contributed by atoms with Crippen LogP contribution in [0.15, 0.2) is 0 Å². The summed E-state index contributed by atoms with van der Waals surface area (Å²) in [5.41, 5.74) is 0. The third kappa shape index (κ3) is 2.34. The highest BCUT2D eigenvalue weighted by Gasteiger charge is 2.40. The molecule has 1 atom stereocenters. The van der Waals surface area contributed by atoms with Gasteiger partial charge in [0, 0.05) is 19.5 Å². The summed E-state index contributed by atoms with van der Waals surface area (Å²) in [6, 6.07) is 0. The summed E-state index contributed by atoms with van der Waals surface area (Å²) in [5, 5.41) is 0. The normalized spacial score (nSPS) is 21.7. The van der Waals surface area contributed by atoms with Gasteiger partial charge in [-0.2, -0.15) is 0 Å². The van der Waals surface area contributed by atoms with Gasteiger partial charge in [-0.25, -0.2) is 0 Å². The topological polar surface area (TPSA) is 63.7 Å². The number of nitrogens with zero attached hydrogens (tertiary/aromatic N) is 1. The van der Waals surface area contributed by atoms with Gasteiger partial charge in [0.1, 0.15) is 0 Å². The number of hydrogen-bond acceptors (Lipinski definition) is 4. The minimum atomic E-state index is -1.22. The monoisotopic (exact) mass is 213 g/mol. The van der Waals surface area contributed by atoms with E-state index in [9.17, 15) is 14.4 Å². The van der Waals surface area contributed by atoms with Crippen LogP contribution < -0.4 is 0 Å². The van der Waals surface area contributed by atoms with Gasteiger partial charge in [-0.3, -0.25) is 14.4 Å². The molecule has 15 heavy (non-hydrogen) atoms. The van der Waals surface area contributed by atoms with E-state index in [1.807, 2.05) is 6.92 Å². The predicted molar refractivity (Wildman–Crippen MR) is 52.0 cm³/mol. The fourth-order valence-electron chi connectivity index (χ4n) is 1.59. The van der Waals surface area contributed by atoms with Gasteiger partial charge >= 0.3 is 5.97 Å². The maximum absolute atomic E-state index is 11.7. The van der Waals surface area contributed by atoms with E-state index in [0.717, 1.165) is 0 Å². The first-order valence-corrected chi connectivity index (χ1v) is 5.10. The van der Waals surface area contributed by atoms with Crippen LogP contribution in [0.25, 0.3) is 0 Å². The molecule has 1 rings (SSSR count). The molecule has 1 aliphatic heterocycles. The van der Waals surface area contributed by atoms with Crippen molar-refractivity contribution < 1.29 is 19.1 Å². The number of carbonyl (C=O) groups is 3. The molecule has 1 heterocycles. The lowest BCUT2D eigenvalue weighted by molar-refractivity contribution is -0.161. The van der Waals surface area contributed by atoms with E-state index in [2.05, 4.69) is 0 Å². The molecule has 0 radical (unpaired) electrons. The predicted octanol–water partition coefficient (Wildman–Crippen LogP) is -0.0130. The zero-order valence-corrected chi connectivity index (χ0v) is 8.99. The number of ether oxygens (including phenoxy) is 1. The lowest BCUT2D eigenvalue weighted by atomic mass is 9.95. The van der Waals surface area contributed by atoms with E-state index < -0.39 is 17.8 Å². The Morgan fingerprint density at radius 2 is 2.13 bits per heavy atom. The summed E-state index contributed by atoms with van der Waals surface area (Å²) in [6.45, 7) is 4.57. The van der Waals surface area contributed by atoms with Gasteiger partial charge in [0.15, 0.2) is 11.7 Å². The highest BCUT2D eigenvalue weighted by molar-refractivity contribution is 6.17. The molecule has 5 heteroatoms. The van der Waals surface area contributed by atoms with Crippen LogP contribution in [0.4, 0.5) is 0 Å². The fourth-order valence-corrected chi connectivity index (χ4v) is 1.59. The molecular weight excluding hydrogens is 198 g/mol.